The lowest BCUT2D eigenvalue weighted by Crippen LogP contribution is -1.94. The van der Waals surface area contributed by atoms with Crippen LogP contribution >= 0.6 is 50.7 Å². The molecule has 0 saturated heterocycles. The summed E-state index contributed by atoms with van der Waals surface area (Å²) in [5.74, 6) is 1.16. The summed E-state index contributed by atoms with van der Waals surface area (Å²) in [5.41, 5.74) is 0.766. The number of alkyl halides is 1. The second-order valence-electron chi connectivity index (χ2n) is 3.41. The molecule has 0 unspecified atom stereocenters. The van der Waals surface area contributed by atoms with E-state index in [1.807, 2.05) is 6.07 Å². The number of nitrogens with zero attached hydrogens (tertiary/aromatic N) is 1. The number of benzene rings is 1. The molecule has 0 bridgehead atoms. The number of halogens is 4. The lowest BCUT2D eigenvalue weighted by molar-refractivity contribution is 0.458. The first kappa shape index (κ1) is 13.9. The van der Waals surface area contributed by atoms with E-state index in [4.69, 9.17) is 39.5 Å². The molecule has 1 aromatic heterocycles. The summed E-state index contributed by atoms with van der Waals surface area (Å²) >= 11 is 21.1. The van der Waals surface area contributed by atoms with Crippen LogP contribution in [0.3, 0.4) is 0 Å². The van der Waals surface area contributed by atoms with E-state index in [2.05, 4.69) is 20.9 Å². The van der Waals surface area contributed by atoms with Gasteiger partial charge in [0.2, 0.25) is 5.88 Å². The van der Waals surface area contributed by atoms with Crippen molar-refractivity contribution >= 4 is 50.7 Å². The van der Waals surface area contributed by atoms with Gasteiger partial charge in [0.15, 0.2) is 0 Å². The van der Waals surface area contributed by atoms with Gasteiger partial charge in [0.1, 0.15) is 10.8 Å². The van der Waals surface area contributed by atoms with Gasteiger partial charge in [-0.2, -0.15) is 0 Å². The molecule has 6 heteroatoms. The van der Waals surface area contributed by atoms with E-state index in [9.17, 15) is 0 Å². The first-order chi connectivity index (χ1) is 8.61. The average Bonchev–Trinajstić information content (AvgIpc) is 2.37. The predicted octanol–water partition coefficient (Wildman–Crippen LogP) is 5.68. The maximum Gasteiger partial charge on any atom is 0.223 e. The second kappa shape index (κ2) is 6.11. The molecule has 94 valence electrons. The Labute approximate surface area is 128 Å². The van der Waals surface area contributed by atoms with E-state index in [1.54, 1.807) is 24.4 Å². The quantitative estimate of drug-likeness (QED) is 0.651. The Morgan fingerprint density at radius 3 is 2.78 bits per heavy atom. The molecule has 2 rings (SSSR count). The SMILES string of the molecule is ClCc1cc(Br)cnc1Oc1cccc(Cl)c1Cl. The van der Waals surface area contributed by atoms with Crippen molar-refractivity contribution in [1.82, 2.24) is 4.98 Å². The van der Waals surface area contributed by atoms with Gasteiger partial charge in [-0.1, -0.05) is 29.3 Å². The summed E-state index contributed by atoms with van der Waals surface area (Å²) in [4.78, 5) is 4.16. The van der Waals surface area contributed by atoms with Crippen LogP contribution in [0.25, 0.3) is 0 Å². The fourth-order valence-corrected chi connectivity index (χ4v) is 2.22. The third-order valence-corrected chi connectivity index (χ3v) is 3.68. The summed E-state index contributed by atoms with van der Waals surface area (Å²) in [6.45, 7) is 0. The summed E-state index contributed by atoms with van der Waals surface area (Å²) < 4.78 is 6.47. The zero-order chi connectivity index (χ0) is 13.1. The summed E-state index contributed by atoms with van der Waals surface area (Å²) in [7, 11) is 0. The summed E-state index contributed by atoms with van der Waals surface area (Å²) in [6, 6.07) is 7.00. The number of hydrogen-bond donors (Lipinski definition) is 0. The minimum atomic E-state index is 0.292. The smallest absolute Gasteiger partial charge is 0.223 e. The summed E-state index contributed by atoms with van der Waals surface area (Å²) in [5, 5.41) is 0.781. The van der Waals surface area contributed by atoms with Gasteiger partial charge in [0, 0.05) is 16.2 Å². The van der Waals surface area contributed by atoms with Crippen molar-refractivity contribution in [3.8, 4) is 11.6 Å². The number of hydrogen-bond acceptors (Lipinski definition) is 2. The van der Waals surface area contributed by atoms with Gasteiger partial charge >= 0.3 is 0 Å². The molecule has 1 heterocycles. The topological polar surface area (TPSA) is 22.1 Å². The molecule has 0 N–H and O–H groups in total. The minimum absolute atomic E-state index is 0.292. The average molecular weight is 367 g/mol. The van der Waals surface area contributed by atoms with Crippen LogP contribution in [0.2, 0.25) is 10.0 Å². The Morgan fingerprint density at radius 2 is 2.06 bits per heavy atom. The molecule has 0 amide bonds. The molecule has 0 aliphatic carbocycles. The van der Waals surface area contributed by atoms with E-state index in [0.29, 0.717) is 27.6 Å². The molecule has 0 saturated carbocycles. The van der Waals surface area contributed by atoms with Crippen molar-refractivity contribution in [2.45, 2.75) is 5.88 Å². The van der Waals surface area contributed by atoms with Crippen molar-refractivity contribution in [3.05, 3.63) is 50.5 Å². The maximum atomic E-state index is 6.04. The molecule has 0 radical (unpaired) electrons. The van der Waals surface area contributed by atoms with Crippen LogP contribution < -0.4 is 4.74 Å². The van der Waals surface area contributed by atoms with Crippen LogP contribution in [-0.4, -0.2) is 4.98 Å². The van der Waals surface area contributed by atoms with Gasteiger partial charge in [-0.15, -0.1) is 11.6 Å². The van der Waals surface area contributed by atoms with E-state index in [1.165, 1.54) is 0 Å². The Hall–Kier alpha value is -0.480. The van der Waals surface area contributed by atoms with Crippen LogP contribution in [0.1, 0.15) is 5.56 Å². The number of ether oxygens (including phenoxy) is 1. The third-order valence-electron chi connectivity index (χ3n) is 2.16. The predicted molar refractivity (Wildman–Crippen MR) is 78.0 cm³/mol. The standard InChI is InChI=1S/C12H7BrCl3NO/c13-8-4-7(5-14)12(17-6-8)18-10-3-1-2-9(15)11(10)16/h1-4,6H,5H2. The molecular weight excluding hydrogens is 360 g/mol. The van der Waals surface area contributed by atoms with Crippen molar-refractivity contribution in [2.75, 3.05) is 0 Å². The van der Waals surface area contributed by atoms with Crippen LogP contribution in [0, 0.1) is 0 Å². The lowest BCUT2D eigenvalue weighted by atomic mass is 10.3. The fourth-order valence-electron chi connectivity index (χ4n) is 1.32. The number of pyridine rings is 1. The van der Waals surface area contributed by atoms with Crippen LogP contribution in [0.15, 0.2) is 34.9 Å². The molecule has 0 atom stereocenters. The highest BCUT2D eigenvalue weighted by atomic mass is 79.9. The molecule has 18 heavy (non-hydrogen) atoms. The van der Waals surface area contributed by atoms with E-state index in [0.717, 1.165) is 10.0 Å². The highest BCUT2D eigenvalue weighted by molar-refractivity contribution is 9.10. The Balaban J connectivity index is 2.37. The van der Waals surface area contributed by atoms with Crippen LogP contribution in [-0.2, 0) is 5.88 Å². The van der Waals surface area contributed by atoms with Gasteiger partial charge in [-0.3, -0.25) is 0 Å². The van der Waals surface area contributed by atoms with E-state index < -0.39 is 0 Å². The van der Waals surface area contributed by atoms with Gasteiger partial charge in [-0.25, -0.2) is 4.98 Å². The monoisotopic (exact) mass is 365 g/mol. The molecule has 0 spiro atoms. The minimum Gasteiger partial charge on any atom is -0.437 e. The van der Waals surface area contributed by atoms with E-state index in [-0.39, 0.29) is 0 Å². The Kier molecular flexibility index (Phi) is 4.73. The van der Waals surface area contributed by atoms with Crippen LogP contribution in [0.4, 0.5) is 0 Å². The molecule has 2 aromatic rings. The fraction of sp³-hybridized carbons (Fsp3) is 0.0833. The van der Waals surface area contributed by atoms with Crippen LogP contribution in [0.5, 0.6) is 11.6 Å². The van der Waals surface area contributed by atoms with Gasteiger partial charge in [-0.05, 0) is 34.1 Å². The van der Waals surface area contributed by atoms with Gasteiger partial charge in [0.05, 0.1) is 10.9 Å². The molecule has 0 aliphatic heterocycles. The number of aromatic nitrogens is 1. The first-order valence-corrected chi connectivity index (χ1v) is 7.02. The Bertz CT molecular complexity index is 577. The zero-order valence-corrected chi connectivity index (χ0v) is 12.8. The highest BCUT2D eigenvalue weighted by Gasteiger charge is 2.11. The normalized spacial score (nSPS) is 10.4. The summed E-state index contributed by atoms with van der Waals surface area (Å²) in [6.07, 6.45) is 1.63. The zero-order valence-electron chi connectivity index (χ0n) is 8.96. The molecular formula is C12H7BrCl3NO. The van der Waals surface area contributed by atoms with Crippen molar-refractivity contribution in [1.29, 1.82) is 0 Å². The van der Waals surface area contributed by atoms with E-state index >= 15 is 0 Å². The van der Waals surface area contributed by atoms with Gasteiger partial charge < -0.3 is 4.74 Å². The third kappa shape index (κ3) is 3.09. The molecule has 1 aromatic carbocycles. The lowest BCUT2D eigenvalue weighted by Gasteiger charge is -2.10. The number of rotatable bonds is 3. The van der Waals surface area contributed by atoms with Gasteiger partial charge in [0.25, 0.3) is 0 Å². The maximum absolute atomic E-state index is 6.04. The second-order valence-corrected chi connectivity index (χ2v) is 5.37. The van der Waals surface area contributed by atoms with Crippen molar-refractivity contribution in [2.24, 2.45) is 0 Å². The first-order valence-electron chi connectivity index (χ1n) is 4.94. The largest absolute Gasteiger partial charge is 0.437 e. The highest BCUT2D eigenvalue weighted by Crippen LogP contribution is 2.35. The Morgan fingerprint density at radius 1 is 1.28 bits per heavy atom. The molecule has 0 fully saturated rings. The van der Waals surface area contributed by atoms with Crippen molar-refractivity contribution < 1.29 is 4.74 Å². The molecule has 2 nitrogen and oxygen atoms in total. The molecule has 0 aliphatic rings. The van der Waals surface area contributed by atoms with Crippen molar-refractivity contribution in [3.63, 3.8) is 0 Å².